The minimum absolute atomic E-state index is 0. The lowest BCUT2D eigenvalue weighted by atomic mass is 10.0. The van der Waals surface area contributed by atoms with Crippen molar-refractivity contribution in [2.24, 2.45) is 4.99 Å². The van der Waals surface area contributed by atoms with E-state index in [1.807, 2.05) is 28.8 Å². The number of hydrogen-bond acceptors (Lipinski definition) is 4. The maximum Gasteiger partial charge on any atom is 0.191 e. The van der Waals surface area contributed by atoms with Crippen molar-refractivity contribution in [2.45, 2.75) is 25.4 Å². The van der Waals surface area contributed by atoms with Crippen LogP contribution in [0.2, 0.25) is 5.02 Å². The number of pyridine rings is 1. The Bertz CT molecular complexity index is 1020. The minimum Gasteiger partial charge on any atom is -0.354 e. The van der Waals surface area contributed by atoms with Crippen LogP contribution in [0.25, 0.3) is 5.65 Å². The molecule has 3 heterocycles. The molecule has 1 aromatic carbocycles. The van der Waals surface area contributed by atoms with Crippen molar-refractivity contribution in [1.29, 1.82) is 0 Å². The van der Waals surface area contributed by atoms with E-state index in [0.717, 1.165) is 37.4 Å². The smallest absolute Gasteiger partial charge is 0.191 e. The predicted molar refractivity (Wildman–Crippen MR) is 132 cm³/mol. The molecule has 4 rings (SSSR count). The Kier molecular flexibility index (Phi) is 8.44. The summed E-state index contributed by atoms with van der Waals surface area (Å²) in [6, 6.07) is 10.4. The molecule has 7 nitrogen and oxygen atoms in total. The van der Waals surface area contributed by atoms with Crippen LogP contribution in [0.5, 0.6) is 0 Å². The van der Waals surface area contributed by atoms with E-state index in [1.165, 1.54) is 6.07 Å². The molecule has 0 aliphatic carbocycles. The number of hydrogen-bond donors (Lipinski definition) is 2. The molecule has 3 aromatic rings. The molecule has 1 saturated heterocycles. The third kappa shape index (κ3) is 5.45. The summed E-state index contributed by atoms with van der Waals surface area (Å²) in [4.78, 5) is 6.57. The van der Waals surface area contributed by atoms with Gasteiger partial charge in [0.1, 0.15) is 5.82 Å². The fourth-order valence-corrected chi connectivity index (χ4v) is 4.17. The highest BCUT2D eigenvalue weighted by molar-refractivity contribution is 14.0. The molecule has 166 valence electrons. The summed E-state index contributed by atoms with van der Waals surface area (Å²) < 4.78 is 16.6. The van der Waals surface area contributed by atoms with Crippen molar-refractivity contribution in [3.05, 3.63) is 64.8 Å². The predicted octanol–water partition coefficient (Wildman–Crippen LogP) is 3.64. The van der Waals surface area contributed by atoms with Gasteiger partial charge in [0.15, 0.2) is 17.4 Å². The van der Waals surface area contributed by atoms with E-state index in [1.54, 1.807) is 19.2 Å². The van der Waals surface area contributed by atoms with Crippen molar-refractivity contribution >= 4 is 47.2 Å². The third-order valence-electron chi connectivity index (χ3n) is 5.40. The molecule has 1 atom stereocenters. The average Bonchev–Trinajstić information content (AvgIpc) is 3.42. The van der Waals surface area contributed by atoms with Crippen LogP contribution in [0.1, 0.15) is 30.3 Å². The first-order valence-corrected chi connectivity index (χ1v) is 10.5. The molecule has 0 radical (unpaired) electrons. The van der Waals surface area contributed by atoms with E-state index in [9.17, 15) is 4.39 Å². The number of nitrogens with zero attached hydrogens (tertiary/aromatic N) is 5. The van der Waals surface area contributed by atoms with Gasteiger partial charge >= 0.3 is 0 Å². The number of guanidine groups is 1. The Morgan fingerprint density at radius 3 is 2.71 bits per heavy atom. The van der Waals surface area contributed by atoms with E-state index in [0.29, 0.717) is 29.6 Å². The van der Waals surface area contributed by atoms with Crippen molar-refractivity contribution in [2.75, 3.05) is 26.7 Å². The SMILES string of the molecule is CN=C(NCc1nnc2ccccn12)NCC(c1c(F)cccc1Cl)N1CCCC1.I. The zero-order valence-corrected chi connectivity index (χ0v) is 20.3. The van der Waals surface area contributed by atoms with Crippen molar-refractivity contribution in [3.8, 4) is 0 Å². The highest BCUT2D eigenvalue weighted by Gasteiger charge is 2.27. The number of halogens is 3. The Morgan fingerprint density at radius 1 is 1.16 bits per heavy atom. The second-order valence-corrected chi connectivity index (χ2v) is 7.65. The second-order valence-electron chi connectivity index (χ2n) is 7.25. The fourth-order valence-electron chi connectivity index (χ4n) is 3.88. The number of likely N-dealkylation sites (tertiary alicyclic amines) is 1. The molecular weight excluding hydrogens is 532 g/mol. The zero-order chi connectivity index (χ0) is 20.9. The molecule has 2 aromatic heterocycles. The Labute approximate surface area is 203 Å². The molecule has 0 bridgehead atoms. The highest BCUT2D eigenvalue weighted by Crippen LogP contribution is 2.31. The number of fused-ring (bicyclic) bond motifs is 1. The van der Waals surface area contributed by atoms with Crippen molar-refractivity contribution < 1.29 is 4.39 Å². The Balaban J connectivity index is 0.00000272. The topological polar surface area (TPSA) is 69.8 Å². The first-order valence-electron chi connectivity index (χ1n) is 10.1. The molecule has 2 N–H and O–H groups in total. The summed E-state index contributed by atoms with van der Waals surface area (Å²) in [5, 5.41) is 15.4. The van der Waals surface area contributed by atoms with Crippen LogP contribution < -0.4 is 10.6 Å². The lowest BCUT2D eigenvalue weighted by molar-refractivity contribution is 0.240. The monoisotopic (exact) mass is 557 g/mol. The molecule has 1 aliphatic rings. The van der Waals surface area contributed by atoms with Crippen molar-refractivity contribution in [1.82, 2.24) is 30.1 Å². The first kappa shape index (κ1) is 23.7. The van der Waals surface area contributed by atoms with Crippen LogP contribution in [0.15, 0.2) is 47.6 Å². The third-order valence-corrected chi connectivity index (χ3v) is 5.73. The van der Waals surface area contributed by atoms with Gasteiger partial charge in [-0.3, -0.25) is 14.3 Å². The summed E-state index contributed by atoms with van der Waals surface area (Å²) in [6.07, 6.45) is 4.14. The quantitative estimate of drug-likeness (QED) is 0.275. The van der Waals surface area contributed by atoms with Gasteiger partial charge in [-0.2, -0.15) is 0 Å². The molecule has 10 heteroatoms. The molecule has 0 amide bonds. The molecule has 31 heavy (non-hydrogen) atoms. The lowest BCUT2D eigenvalue weighted by Crippen LogP contribution is -2.43. The number of aromatic nitrogens is 3. The fraction of sp³-hybridized carbons (Fsp3) is 0.381. The summed E-state index contributed by atoms with van der Waals surface area (Å²) in [5.74, 6) is 1.11. The summed E-state index contributed by atoms with van der Waals surface area (Å²) in [7, 11) is 1.71. The summed E-state index contributed by atoms with van der Waals surface area (Å²) in [6.45, 7) is 2.80. The average molecular weight is 558 g/mol. The Hall–Kier alpha value is -1.98. The van der Waals surface area contributed by atoms with Crippen LogP contribution in [0.3, 0.4) is 0 Å². The van der Waals surface area contributed by atoms with Crippen LogP contribution in [-0.4, -0.2) is 52.1 Å². The van der Waals surface area contributed by atoms with Crippen molar-refractivity contribution in [3.63, 3.8) is 0 Å². The van der Waals surface area contributed by atoms with E-state index < -0.39 is 0 Å². The number of benzene rings is 1. The van der Waals surface area contributed by atoms with Crippen LogP contribution in [0.4, 0.5) is 4.39 Å². The van der Waals surface area contributed by atoms with Gasteiger partial charge in [0.05, 0.1) is 12.6 Å². The number of nitrogens with one attached hydrogen (secondary N) is 2. The van der Waals surface area contributed by atoms with Gasteiger partial charge in [0.2, 0.25) is 0 Å². The van der Waals surface area contributed by atoms with E-state index in [-0.39, 0.29) is 35.8 Å². The standard InChI is InChI=1S/C21H25ClFN7.HI/c1-24-21(26-14-19-28-27-18-9-2-3-12-30(18)19)25-13-17(29-10-4-5-11-29)20-15(22)7-6-8-16(20)23;/h2-3,6-9,12,17H,4-5,10-11,13-14H2,1H3,(H2,24,25,26);1H. The van der Waals surface area contributed by atoms with E-state index >= 15 is 0 Å². The highest BCUT2D eigenvalue weighted by atomic mass is 127. The molecule has 1 unspecified atom stereocenters. The maximum atomic E-state index is 14.6. The number of aliphatic imine (C=N–C) groups is 1. The van der Waals surface area contributed by atoms with Gasteiger partial charge in [0.25, 0.3) is 0 Å². The number of rotatable bonds is 6. The van der Waals surface area contributed by atoms with E-state index in [2.05, 4.69) is 30.7 Å². The molecule has 1 fully saturated rings. The zero-order valence-electron chi connectivity index (χ0n) is 17.3. The van der Waals surface area contributed by atoms with Gasteiger partial charge in [-0.1, -0.05) is 23.7 Å². The van der Waals surface area contributed by atoms with Gasteiger partial charge in [-0.15, -0.1) is 34.2 Å². The van der Waals surface area contributed by atoms with Gasteiger partial charge in [-0.05, 0) is 50.2 Å². The van der Waals surface area contributed by atoms with Gasteiger partial charge in [0, 0.05) is 30.4 Å². The maximum absolute atomic E-state index is 14.6. The largest absolute Gasteiger partial charge is 0.354 e. The van der Waals surface area contributed by atoms with Crippen LogP contribution in [0, 0.1) is 5.82 Å². The molecule has 0 saturated carbocycles. The molecule has 1 aliphatic heterocycles. The van der Waals surface area contributed by atoms with Crippen LogP contribution in [-0.2, 0) is 6.54 Å². The molecular formula is C21H26ClFIN7. The van der Waals surface area contributed by atoms with Gasteiger partial charge in [-0.25, -0.2) is 4.39 Å². The minimum atomic E-state index is -0.279. The normalized spacial score (nSPS) is 15.6. The second kappa shape index (κ2) is 11.1. The summed E-state index contributed by atoms with van der Waals surface area (Å²) in [5.41, 5.74) is 1.33. The van der Waals surface area contributed by atoms with Gasteiger partial charge < -0.3 is 10.6 Å². The Morgan fingerprint density at radius 2 is 1.97 bits per heavy atom. The summed E-state index contributed by atoms with van der Waals surface area (Å²) >= 11 is 6.38. The van der Waals surface area contributed by atoms with E-state index in [4.69, 9.17) is 11.6 Å². The van der Waals surface area contributed by atoms with Crippen LogP contribution >= 0.6 is 35.6 Å². The molecule has 0 spiro atoms. The first-order chi connectivity index (χ1) is 14.7. The lowest BCUT2D eigenvalue weighted by Gasteiger charge is -2.29.